The number of benzene rings is 2. The molecule has 0 aliphatic heterocycles. The van der Waals surface area contributed by atoms with Crippen molar-refractivity contribution < 1.29 is 9.94 Å². The fourth-order valence-corrected chi connectivity index (χ4v) is 3.30. The van der Waals surface area contributed by atoms with Crippen molar-refractivity contribution in [1.82, 2.24) is 4.57 Å². The smallest absolute Gasteiger partial charge is 0.257 e. The first kappa shape index (κ1) is 16.8. The van der Waals surface area contributed by atoms with Crippen molar-refractivity contribution >= 4 is 5.71 Å². The minimum atomic E-state index is -0.365. The van der Waals surface area contributed by atoms with Gasteiger partial charge in [0.05, 0.1) is 0 Å². The predicted octanol–water partition coefficient (Wildman–Crippen LogP) is 3.84. The topological polar surface area (TPSA) is 64.5 Å². The Kier molecular flexibility index (Phi) is 4.57. The summed E-state index contributed by atoms with van der Waals surface area (Å²) in [5.41, 5.74) is 3.86. The molecule has 0 fully saturated rings. The van der Waals surface area contributed by atoms with Gasteiger partial charge in [0.2, 0.25) is 0 Å². The van der Waals surface area contributed by atoms with Crippen molar-refractivity contribution in [2.75, 3.05) is 0 Å². The molecule has 25 heavy (non-hydrogen) atoms. The molecule has 1 aromatic heterocycles. The van der Waals surface area contributed by atoms with Crippen LogP contribution in [0.25, 0.3) is 11.3 Å². The van der Waals surface area contributed by atoms with E-state index >= 15 is 0 Å². The van der Waals surface area contributed by atoms with Gasteiger partial charge in [-0.15, -0.1) is 0 Å². The van der Waals surface area contributed by atoms with Crippen LogP contribution in [0.1, 0.15) is 30.0 Å². The predicted molar refractivity (Wildman–Crippen MR) is 97.8 cm³/mol. The van der Waals surface area contributed by atoms with Gasteiger partial charge in [0.15, 0.2) is 17.4 Å². The molecule has 0 unspecified atom stereocenters. The summed E-state index contributed by atoms with van der Waals surface area (Å²) in [5, 5.41) is 25.5. The largest absolute Gasteiger partial charge is 0.711 e. The molecule has 0 bridgehead atoms. The Balaban J connectivity index is 2.33. The van der Waals surface area contributed by atoms with E-state index in [0.717, 1.165) is 21.6 Å². The maximum Gasteiger partial charge on any atom is 0.257 e. The van der Waals surface area contributed by atoms with Crippen LogP contribution in [0.2, 0.25) is 0 Å². The number of nitrogens with zero attached hydrogens (tertiary/aromatic N) is 3. The monoisotopic (exact) mass is 335 g/mol. The number of rotatable bonds is 4. The molecule has 0 aliphatic rings. The third kappa shape index (κ3) is 2.89. The van der Waals surface area contributed by atoms with Crippen LogP contribution >= 0.6 is 0 Å². The lowest BCUT2D eigenvalue weighted by Gasteiger charge is -2.17. The van der Waals surface area contributed by atoms with Crippen molar-refractivity contribution in [1.29, 1.82) is 0 Å². The van der Waals surface area contributed by atoms with Crippen LogP contribution in [0.15, 0.2) is 65.8 Å². The van der Waals surface area contributed by atoms with Gasteiger partial charge in [-0.2, -0.15) is 0 Å². The lowest BCUT2D eigenvalue weighted by Crippen LogP contribution is -2.32. The average Bonchev–Trinajstić information content (AvgIpc) is 2.88. The molecule has 2 aromatic carbocycles. The van der Waals surface area contributed by atoms with Crippen molar-refractivity contribution in [2.24, 2.45) is 5.16 Å². The molecule has 3 aromatic rings. The molecule has 1 N–H and O–H groups in total. The highest BCUT2D eigenvalue weighted by atomic mass is 16.5. The van der Waals surface area contributed by atoms with Gasteiger partial charge in [-0.3, -0.25) is 0 Å². The van der Waals surface area contributed by atoms with Crippen LogP contribution in [0.3, 0.4) is 0 Å². The molecular formula is C20H21N3O2. The fraction of sp³-hybridized carbons (Fsp3) is 0.200. The van der Waals surface area contributed by atoms with Crippen LogP contribution in [0.4, 0.5) is 0 Å². The summed E-state index contributed by atoms with van der Waals surface area (Å²) in [4.78, 5) is 0. The van der Waals surface area contributed by atoms with Crippen LogP contribution < -0.4 is 4.73 Å². The van der Waals surface area contributed by atoms with E-state index in [4.69, 9.17) is 0 Å². The number of imidazole rings is 1. The minimum absolute atomic E-state index is 0.365. The van der Waals surface area contributed by atoms with Gasteiger partial charge in [0.1, 0.15) is 5.71 Å². The van der Waals surface area contributed by atoms with Crippen LogP contribution in [0.5, 0.6) is 0 Å². The van der Waals surface area contributed by atoms with E-state index in [1.54, 1.807) is 13.8 Å². The molecule has 128 valence electrons. The average molecular weight is 335 g/mol. The summed E-state index contributed by atoms with van der Waals surface area (Å²) < 4.78 is 2.88. The van der Waals surface area contributed by atoms with E-state index in [9.17, 15) is 10.4 Å². The molecule has 0 saturated heterocycles. The third-order valence-corrected chi connectivity index (χ3v) is 4.50. The minimum Gasteiger partial charge on any atom is -0.711 e. The second-order valence-electron chi connectivity index (χ2n) is 6.07. The zero-order valence-electron chi connectivity index (χ0n) is 14.5. The second kappa shape index (κ2) is 6.81. The molecule has 0 radical (unpaired) electrons. The first-order valence-corrected chi connectivity index (χ1v) is 8.16. The molecule has 0 amide bonds. The molecule has 3 rings (SSSR count). The van der Waals surface area contributed by atoms with Gasteiger partial charge >= 0.3 is 0 Å². The number of aromatic nitrogens is 2. The van der Waals surface area contributed by atoms with E-state index in [-0.39, 0.29) is 6.04 Å². The molecule has 0 spiro atoms. The Hall–Kier alpha value is -3.08. The normalized spacial score (nSPS) is 13.0. The highest BCUT2D eigenvalue weighted by Crippen LogP contribution is 2.31. The van der Waals surface area contributed by atoms with Gasteiger partial charge in [-0.1, -0.05) is 65.8 Å². The third-order valence-electron chi connectivity index (χ3n) is 4.50. The quantitative estimate of drug-likeness (QED) is 0.259. The standard InChI is InChI=1S/C20H21N3O2/c1-14(21-24)19(17-10-6-4-7-11-17)22-16(3)23(25)15(2)20(22)18-12-8-5-9-13-18/h4-13,19,24H,1-3H3/b21-14-/t19-/m0/s1. The van der Waals surface area contributed by atoms with Gasteiger partial charge < -0.3 is 10.4 Å². The van der Waals surface area contributed by atoms with Gasteiger partial charge in [0.25, 0.3) is 5.82 Å². The summed E-state index contributed by atoms with van der Waals surface area (Å²) in [6.07, 6.45) is 0. The molecule has 0 saturated carbocycles. The van der Waals surface area contributed by atoms with Gasteiger partial charge in [0, 0.05) is 25.0 Å². The van der Waals surface area contributed by atoms with Gasteiger partial charge in [-0.05, 0) is 6.92 Å². The maximum absolute atomic E-state index is 12.6. The number of hydrogen-bond donors (Lipinski definition) is 1. The first-order chi connectivity index (χ1) is 12.1. The molecular weight excluding hydrogens is 314 g/mol. The van der Waals surface area contributed by atoms with Crippen molar-refractivity contribution in [2.45, 2.75) is 26.8 Å². The van der Waals surface area contributed by atoms with E-state index < -0.39 is 0 Å². The van der Waals surface area contributed by atoms with Crippen LogP contribution in [-0.2, 0) is 0 Å². The Labute approximate surface area is 147 Å². The van der Waals surface area contributed by atoms with Crippen molar-refractivity contribution in [3.8, 4) is 11.3 Å². The van der Waals surface area contributed by atoms with E-state index in [1.807, 2.05) is 72.2 Å². The summed E-state index contributed by atoms with van der Waals surface area (Å²) >= 11 is 0. The van der Waals surface area contributed by atoms with Crippen molar-refractivity contribution in [3.05, 3.63) is 83.0 Å². The maximum atomic E-state index is 12.6. The SMILES string of the molecule is C/C(=N/O)[C@@H](c1ccccc1)n1c(-c2ccccc2)c(C)[n+]([O-])c1C. The van der Waals surface area contributed by atoms with Crippen LogP contribution in [0, 0.1) is 19.1 Å². The number of oxime groups is 1. The molecule has 5 nitrogen and oxygen atoms in total. The molecule has 5 heteroatoms. The Morgan fingerprint density at radius 1 is 1.04 bits per heavy atom. The lowest BCUT2D eigenvalue weighted by atomic mass is 10.0. The first-order valence-electron chi connectivity index (χ1n) is 8.16. The van der Waals surface area contributed by atoms with Crippen molar-refractivity contribution in [3.63, 3.8) is 0 Å². The summed E-state index contributed by atoms with van der Waals surface area (Å²) in [7, 11) is 0. The van der Waals surface area contributed by atoms with Gasteiger partial charge in [-0.25, -0.2) is 9.30 Å². The molecule has 0 aliphatic carbocycles. The highest BCUT2D eigenvalue weighted by Gasteiger charge is 2.32. The van der Waals surface area contributed by atoms with E-state index in [1.165, 1.54) is 0 Å². The zero-order valence-corrected chi connectivity index (χ0v) is 14.5. The molecule has 1 atom stereocenters. The molecule has 1 heterocycles. The lowest BCUT2D eigenvalue weighted by molar-refractivity contribution is -0.618. The summed E-state index contributed by atoms with van der Waals surface area (Å²) in [5.74, 6) is 0.549. The van der Waals surface area contributed by atoms with Crippen LogP contribution in [-0.4, -0.2) is 15.5 Å². The Morgan fingerprint density at radius 3 is 2.16 bits per heavy atom. The summed E-state index contributed by atoms with van der Waals surface area (Å²) in [6, 6.07) is 19.2. The Morgan fingerprint density at radius 2 is 1.60 bits per heavy atom. The van der Waals surface area contributed by atoms with E-state index in [0.29, 0.717) is 17.2 Å². The fourth-order valence-electron chi connectivity index (χ4n) is 3.30. The Bertz CT molecular complexity index is 900. The second-order valence-corrected chi connectivity index (χ2v) is 6.07. The summed E-state index contributed by atoms with van der Waals surface area (Å²) in [6.45, 7) is 5.36. The van der Waals surface area contributed by atoms with E-state index in [2.05, 4.69) is 5.16 Å². The number of hydrogen-bond acceptors (Lipinski definition) is 3. The highest BCUT2D eigenvalue weighted by molar-refractivity contribution is 5.89. The zero-order chi connectivity index (χ0) is 18.0.